The van der Waals surface area contributed by atoms with E-state index in [1.54, 1.807) is 0 Å². The van der Waals surface area contributed by atoms with Gasteiger partial charge in [-0.2, -0.15) is 0 Å². The Labute approximate surface area is 117 Å². The van der Waals surface area contributed by atoms with E-state index in [0.29, 0.717) is 0 Å². The van der Waals surface area contributed by atoms with E-state index < -0.39 is 0 Å². The number of hydrogen-bond acceptors (Lipinski definition) is 2. The minimum Gasteiger partial charge on any atom is -0.314 e. The van der Waals surface area contributed by atoms with Gasteiger partial charge in [0.1, 0.15) is 0 Å². The Morgan fingerprint density at radius 3 is 2.39 bits per heavy atom. The predicted molar refractivity (Wildman–Crippen MR) is 86.0 cm³/mol. The maximum absolute atomic E-state index is 5.26. The first-order chi connectivity index (χ1) is 8.86. The molecule has 1 aliphatic rings. The molecule has 1 unspecified atom stereocenters. The van der Waals surface area contributed by atoms with Crippen LogP contribution in [0.15, 0.2) is 0 Å². The van der Waals surface area contributed by atoms with Crippen LogP contribution in [0.25, 0.3) is 0 Å². The third-order valence-electron chi connectivity index (χ3n) is 2.98. The molecule has 2 nitrogen and oxygen atoms in total. The van der Waals surface area contributed by atoms with Crippen molar-refractivity contribution in [2.24, 2.45) is 0 Å². The molecule has 0 aromatic rings. The molecule has 1 atom stereocenters. The molecule has 0 bridgehead atoms. The van der Waals surface area contributed by atoms with Crippen LogP contribution in [-0.2, 0) is 0 Å². The molecule has 0 aromatic carbocycles. The molecule has 1 aliphatic heterocycles. The summed E-state index contributed by atoms with van der Waals surface area (Å²) in [4.78, 5) is 2.44. The highest BCUT2D eigenvalue weighted by Crippen LogP contribution is 2.09. The topological polar surface area (TPSA) is 15.3 Å². The third kappa shape index (κ3) is 10.6. The summed E-state index contributed by atoms with van der Waals surface area (Å²) >= 11 is 0. The Morgan fingerprint density at radius 1 is 1.28 bits per heavy atom. The van der Waals surface area contributed by atoms with Crippen molar-refractivity contribution < 1.29 is 1.43 Å². The summed E-state index contributed by atoms with van der Waals surface area (Å²) in [6, 6.07) is 0.759. The van der Waals surface area contributed by atoms with E-state index in [1.807, 2.05) is 27.7 Å². The first kappa shape index (κ1) is 19.8. The van der Waals surface area contributed by atoms with E-state index in [-0.39, 0.29) is 1.43 Å². The highest BCUT2D eigenvalue weighted by Gasteiger charge is 2.14. The van der Waals surface area contributed by atoms with Crippen molar-refractivity contribution in [2.75, 3.05) is 26.2 Å². The number of terminal acetylenes is 1. The van der Waals surface area contributed by atoms with Crippen molar-refractivity contribution in [1.29, 1.82) is 0 Å². The summed E-state index contributed by atoms with van der Waals surface area (Å²) in [5.41, 5.74) is 0. The van der Waals surface area contributed by atoms with E-state index >= 15 is 0 Å². The maximum atomic E-state index is 5.26. The Bertz CT molecular complexity index is 184. The molecule has 0 radical (unpaired) electrons. The summed E-state index contributed by atoms with van der Waals surface area (Å²) in [6.07, 6.45) is 10.1. The van der Waals surface area contributed by atoms with Crippen molar-refractivity contribution in [3.63, 3.8) is 0 Å². The minimum absolute atomic E-state index is 0. The monoisotopic (exact) mass is 256 g/mol. The summed E-state index contributed by atoms with van der Waals surface area (Å²) < 4.78 is 0. The molecule has 1 fully saturated rings. The Balaban J connectivity index is -0.000000467. The fourth-order valence-electron chi connectivity index (χ4n) is 1.99. The van der Waals surface area contributed by atoms with Gasteiger partial charge in [0.2, 0.25) is 0 Å². The zero-order valence-corrected chi connectivity index (χ0v) is 13.3. The summed E-state index contributed by atoms with van der Waals surface area (Å²) in [6.45, 7) is 14.8. The van der Waals surface area contributed by atoms with E-state index in [1.165, 1.54) is 32.4 Å². The molecule has 1 heterocycles. The minimum atomic E-state index is 0. The van der Waals surface area contributed by atoms with Crippen molar-refractivity contribution in [2.45, 2.75) is 66.3 Å². The first-order valence-electron chi connectivity index (χ1n) is 7.76. The van der Waals surface area contributed by atoms with Crippen molar-refractivity contribution in [3.05, 3.63) is 0 Å². The molecule has 0 saturated carbocycles. The number of rotatable bonds is 6. The van der Waals surface area contributed by atoms with E-state index in [0.717, 1.165) is 25.6 Å². The van der Waals surface area contributed by atoms with Gasteiger partial charge in [-0.25, -0.2) is 0 Å². The van der Waals surface area contributed by atoms with Gasteiger partial charge in [-0.3, -0.25) is 0 Å². The lowest BCUT2D eigenvalue weighted by atomic mass is 10.1. The fourth-order valence-corrected chi connectivity index (χ4v) is 1.99. The molecule has 0 aliphatic carbocycles. The average molecular weight is 256 g/mol. The lowest BCUT2D eigenvalue weighted by molar-refractivity contribution is 0.278. The van der Waals surface area contributed by atoms with Gasteiger partial charge >= 0.3 is 0 Å². The molecule has 1 saturated heterocycles. The van der Waals surface area contributed by atoms with Gasteiger partial charge in [0, 0.05) is 20.4 Å². The van der Waals surface area contributed by atoms with Crippen LogP contribution in [0, 0.1) is 12.3 Å². The SMILES string of the molecule is C#CCCN(CC)CCC1CCCN1.CC.CC.[HH]. The average Bonchev–Trinajstić information content (AvgIpc) is 2.97. The number of nitrogens with zero attached hydrogens (tertiary/aromatic N) is 1. The Morgan fingerprint density at radius 2 is 1.94 bits per heavy atom. The van der Waals surface area contributed by atoms with E-state index in [2.05, 4.69) is 23.1 Å². The molecular weight excluding hydrogens is 220 g/mol. The summed E-state index contributed by atoms with van der Waals surface area (Å²) in [5, 5.41) is 3.53. The van der Waals surface area contributed by atoms with Crippen LogP contribution in [-0.4, -0.2) is 37.1 Å². The second kappa shape index (κ2) is 16.5. The fraction of sp³-hybridized carbons (Fsp3) is 0.875. The maximum Gasteiger partial charge on any atom is 0.0214 e. The van der Waals surface area contributed by atoms with Crippen LogP contribution in [0.4, 0.5) is 0 Å². The standard InChI is InChI=1S/C12H22N2.2C2H6.H2/c1-3-5-10-14(4-2)11-8-12-7-6-9-13-12;2*1-2;/h1,12-13H,4-11H2,2H3;2*1-2H3;1H. The van der Waals surface area contributed by atoms with Crippen molar-refractivity contribution in [3.8, 4) is 12.3 Å². The van der Waals surface area contributed by atoms with Crippen molar-refractivity contribution >= 4 is 0 Å². The number of nitrogens with one attached hydrogen (secondary N) is 1. The predicted octanol–water partition coefficient (Wildman–Crippen LogP) is 3.77. The highest BCUT2D eigenvalue weighted by molar-refractivity contribution is 4.85. The highest BCUT2D eigenvalue weighted by atomic mass is 15.1. The zero-order chi connectivity index (χ0) is 14.2. The van der Waals surface area contributed by atoms with Gasteiger partial charge < -0.3 is 10.2 Å². The second-order valence-corrected chi connectivity index (χ2v) is 3.97. The molecular formula is C16H36N2. The third-order valence-corrected chi connectivity index (χ3v) is 2.98. The lowest BCUT2D eigenvalue weighted by Gasteiger charge is -2.21. The van der Waals surface area contributed by atoms with Crippen LogP contribution in [0.2, 0.25) is 0 Å². The van der Waals surface area contributed by atoms with Crippen LogP contribution in [0.3, 0.4) is 0 Å². The summed E-state index contributed by atoms with van der Waals surface area (Å²) in [7, 11) is 0. The van der Waals surface area contributed by atoms with Crippen LogP contribution >= 0.6 is 0 Å². The van der Waals surface area contributed by atoms with Crippen LogP contribution in [0.5, 0.6) is 0 Å². The molecule has 1 N–H and O–H groups in total. The second-order valence-electron chi connectivity index (χ2n) is 3.97. The molecule has 0 aromatic heterocycles. The van der Waals surface area contributed by atoms with Gasteiger partial charge in [-0.15, -0.1) is 12.3 Å². The molecule has 2 heteroatoms. The van der Waals surface area contributed by atoms with E-state index in [4.69, 9.17) is 6.42 Å². The summed E-state index contributed by atoms with van der Waals surface area (Å²) in [5.74, 6) is 2.70. The zero-order valence-electron chi connectivity index (χ0n) is 13.3. The molecule has 110 valence electrons. The Hall–Kier alpha value is -0.520. The van der Waals surface area contributed by atoms with Crippen LogP contribution in [0.1, 0.15) is 61.7 Å². The van der Waals surface area contributed by atoms with Crippen molar-refractivity contribution in [1.82, 2.24) is 10.2 Å². The number of hydrogen-bond donors (Lipinski definition) is 1. The quantitative estimate of drug-likeness (QED) is 0.728. The van der Waals surface area contributed by atoms with Gasteiger partial charge in [-0.1, -0.05) is 34.6 Å². The van der Waals surface area contributed by atoms with Gasteiger partial charge in [0.15, 0.2) is 0 Å². The van der Waals surface area contributed by atoms with Crippen LogP contribution < -0.4 is 5.32 Å². The Kier molecular flexibility index (Phi) is 18.1. The molecule has 0 amide bonds. The molecule has 18 heavy (non-hydrogen) atoms. The first-order valence-corrected chi connectivity index (χ1v) is 7.76. The smallest absolute Gasteiger partial charge is 0.0214 e. The molecule has 1 rings (SSSR count). The van der Waals surface area contributed by atoms with E-state index in [9.17, 15) is 0 Å². The largest absolute Gasteiger partial charge is 0.314 e. The van der Waals surface area contributed by atoms with Gasteiger partial charge in [0.25, 0.3) is 0 Å². The van der Waals surface area contributed by atoms with Gasteiger partial charge in [0.05, 0.1) is 0 Å². The van der Waals surface area contributed by atoms with Gasteiger partial charge in [-0.05, 0) is 38.9 Å². The normalized spacial score (nSPS) is 17.3. The molecule has 0 spiro atoms. The lowest BCUT2D eigenvalue weighted by Crippen LogP contribution is -2.31.